The van der Waals surface area contributed by atoms with Crippen LogP contribution in [-0.2, 0) is 19.2 Å². The number of nitrogens with one attached hydrogen (secondary N) is 1. The summed E-state index contributed by atoms with van der Waals surface area (Å²) in [5, 5.41) is 0. The first-order valence-electron chi connectivity index (χ1n) is 12.0. The maximum Gasteiger partial charge on any atom is 0.313 e. The predicted molar refractivity (Wildman–Crippen MR) is 124 cm³/mol. The third-order valence-corrected chi connectivity index (χ3v) is 7.62. The number of benzene rings is 1. The first-order chi connectivity index (χ1) is 16.6. The van der Waals surface area contributed by atoms with Crippen molar-refractivity contribution in [2.24, 2.45) is 4.99 Å². The summed E-state index contributed by atoms with van der Waals surface area (Å²) in [6, 6.07) is 8.08. The van der Waals surface area contributed by atoms with E-state index in [0.717, 1.165) is 48.6 Å². The summed E-state index contributed by atoms with van der Waals surface area (Å²) in [4.78, 5) is 42.7. The molecule has 1 aliphatic carbocycles. The topological polar surface area (TPSA) is 86.7 Å². The molecule has 9 nitrogen and oxygen atoms in total. The number of esters is 1. The second-order valence-electron chi connectivity index (χ2n) is 9.33. The van der Waals surface area contributed by atoms with Crippen LogP contribution in [0.25, 0.3) is 0 Å². The molecular formula is C25H29N5O4. The number of amides is 1. The van der Waals surface area contributed by atoms with Gasteiger partial charge in [0, 0.05) is 37.6 Å². The summed E-state index contributed by atoms with van der Waals surface area (Å²) in [7, 11) is 1.45. The van der Waals surface area contributed by atoms with Crippen molar-refractivity contribution in [3.63, 3.8) is 0 Å². The van der Waals surface area contributed by atoms with Crippen molar-refractivity contribution >= 4 is 17.8 Å². The molecule has 2 fully saturated rings. The molecule has 0 aromatic heterocycles. The summed E-state index contributed by atoms with van der Waals surface area (Å²) < 4.78 is 5.18. The van der Waals surface area contributed by atoms with Crippen LogP contribution >= 0.6 is 0 Å². The quantitative estimate of drug-likeness (QED) is 0.687. The number of guanidine groups is 1. The lowest BCUT2D eigenvalue weighted by Crippen LogP contribution is -2.59. The number of hydrogen-bond donors (Lipinski definition) is 1. The number of likely N-dealkylation sites (tertiary alicyclic amines) is 1. The second kappa shape index (κ2) is 8.16. The zero-order chi connectivity index (χ0) is 23.4. The fraction of sp³-hybridized carbons (Fsp3) is 0.480. The number of nitrogens with zero attached hydrogens (tertiary/aromatic N) is 4. The Morgan fingerprint density at radius 3 is 2.74 bits per heavy atom. The molecular weight excluding hydrogens is 434 g/mol. The van der Waals surface area contributed by atoms with Crippen LogP contribution in [0, 0.1) is 0 Å². The van der Waals surface area contributed by atoms with Crippen molar-refractivity contribution in [1.29, 1.82) is 0 Å². The molecule has 1 aromatic carbocycles. The van der Waals surface area contributed by atoms with Gasteiger partial charge in [0.1, 0.15) is 12.3 Å². The van der Waals surface area contributed by atoms with Crippen molar-refractivity contribution in [3.8, 4) is 0 Å². The van der Waals surface area contributed by atoms with Crippen LogP contribution < -0.4 is 5.48 Å². The van der Waals surface area contributed by atoms with Gasteiger partial charge in [0.15, 0.2) is 0 Å². The third kappa shape index (κ3) is 3.06. The molecule has 4 unspecified atom stereocenters. The van der Waals surface area contributed by atoms with E-state index in [1.165, 1.54) is 7.11 Å². The Bertz CT molecular complexity index is 1120. The van der Waals surface area contributed by atoms with Crippen LogP contribution in [-0.4, -0.2) is 71.5 Å². The van der Waals surface area contributed by atoms with E-state index >= 15 is 0 Å². The van der Waals surface area contributed by atoms with Crippen LogP contribution in [0.3, 0.4) is 0 Å². The Hall–Kier alpha value is -3.33. The highest BCUT2D eigenvalue weighted by Gasteiger charge is 2.51. The normalized spacial score (nSPS) is 29.6. The number of fused-ring (bicyclic) bond motifs is 4. The largest absolute Gasteiger partial charge is 0.469 e. The van der Waals surface area contributed by atoms with Crippen LogP contribution in [0.4, 0.5) is 0 Å². The van der Waals surface area contributed by atoms with E-state index in [4.69, 9.17) is 14.6 Å². The molecule has 1 aromatic rings. The number of ether oxygens (including phenoxy) is 1. The van der Waals surface area contributed by atoms with Gasteiger partial charge < -0.3 is 19.4 Å². The van der Waals surface area contributed by atoms with Gasteiger partial charge in [-0.2, -0.15) is 0 Å². The molecule has 2 saturated heterocycles. The molecule has 1 amide bonds. The van der Waals surface area contributed by atoms with E-state index in [1.807, 2.05) is 30.6 Å². The van der Waals surface area contributed by atoms with Gasteiger partial charge in [0.05, 0.1) is 24.6 Å². The smallest absolute Gasteiger partial charge is 0.313 e. The van der Waals surface area contributed by atoms with Crippen LogP contribution in [0.15, 0.2) is 52.8 Å². The lowest BCUT2D eigenvalue weighted by atomic mass is 9.93. The first-order valence-corrected chi connectivity index (χ1v) is 12.0. The molecule has 34 heavy (non-hydrogen) atoms. The van der Waals surface area contributed by atoms with Crippen LogP contribution in [0.2, 0.25) is 0 Å². The molecule has 0 bridgehead atoms. The minimum atomic E-state index is -0.472. The number of hydrogen-bond acceptors (Lipinski definition) is 8. The Morgan fingerprint density at radius 1 is 1.24 bits per heavy atom. The van der Waals surface area contributed by atoms with Crippen molar-refractivity contribution in [1.82, 2.24) is 20.2 Å². The van der Waals surface area contributed by atoms with E-state index in [-0.39, 0.29) is 30.0 Å². The van der Waals surface area contributed by atoms with Gasteiger partial charge in [-0.25, -0.2) is 10.5 Å². The van der Waals surface area contributed by atoms with E-state index in [0.29, 0.717) is 18.5 Å². The lowest BCUT2D eigenvalue weighted by molar-refractivity contribution is -0.142. The van der Waals surface area contributed by atoms with Gasteiger partial charge in [0.2, 0.25) is 5.96 Å². The Labute approximate surface area is 198 Å². The van der Waals surface area contributed by atoms with Crippen LogP contribution in [0.1, 0.15) is 49.3 Å². The van der Waals surface area contributed by atoms with E-state index in [2.05, 4.69) is 33.2 Å². The van der Waals surface area contributed by atoms with E-state index < -0.39 is 6.10 Å². The lowest BCUT2D eigenvalue weighted by Gasteiger charge is -2.50. The Morgan fingerprint density at radius 2 is 2.00 bits per heavy atom. The highest BCUT2D eigenvalue weighted by molar-refractivity contribution is 5.97. The maximum absolute atomic E-state index is 12.8. The molecule has 4 atom stereocenters. The molecule has 4 aliphatic heterocycles. The average Bonchev–Trinajstić information content (AvgIpc) is 3.61. The fourth-order valence-corrected chi connectivity index (χ4v) is 6.04. The summed E-state index contributed by atoms with van der Waals surface area (Å²) in [6.45, 7) is 4.70. The average molecular weight is 464 g/mol. The number of methoxy groups -OCH3 is 1. The Balaban J connectivity index is 1.48. The molecule has 0 radical (unpaired) electrons. The molecule has 4 heterocycles. The number of carbonyl (C=O) groups is 2. The molecule has 1 N–H and O–H groups in total. The molecule has 178 valence electrons. The number of aliphatic imine (C=N–C) groups is 1. The van der Waals surface area contributed by atoms with Gasteiger partial charge in [-0.15, -0.1) is 0 Å². The van der Waals surface area contributed by atoms with Gasteiger partial charge in [-0.3, -0.25) is 14.4 Å². The molecule has 6 rings (SSSR count). The highest BCUT2D eigenvalue weighted by Crippen LogP contribution is 2.48. The van der Waals surface area contributed by atoms with Crippen molar-refractivity contribution < 1.29 is 19.2 Å². The number of carbonyl (C=O) groups excluding carboxylic acids is 2. The molecule has 0 spiro atoms. The summed E-state index contributed by atoms with van der Waals surface area (Å²) in [5.74, 6) is 0.176. The van der Waals surface area contributed by atoms with Crippen LogP contribution in [0.5, 0.6) is 0 Å². The fourth-order valence-electron chi connectivity index (χ4n) is 6.04. The minimum absolute atomic E-state index is 0.0672. The maximum atomic E-state index is 12.8. The van der Waals surface area contributed by atoms with Gasteiger partial charge in [0.25, 0.3) is 5.91 Å². The summed E-state index contributed by atoms with van der Waals surface area (Å²) >= 11 is 0. The molecule has 5 aliphatic rings. The number of likely N-dealkylation sites (N-methyl/N-ethyl adjacent to an activating group) is 1. The van der Waals surface area contributed by atoms with Gasteiger partial charge >= 0.3 is 5.97 Å². The number of rotatable bonds is 3. The van der Waals surface area contributed by atoms with E-state index in [1.54, 1.807) is 0 Å². The predicted octanol–water partition coefficient (Wildman–Crippen LogP) is 2.01. The summed E-state index contributed by atoms with van der Waals surface area (Å²) in [5.41, 5.74) is 6.19. The van der Waals surface area contributed by atoms with Gasteiger partial charge in [-0.05, 0) is 37.3 Å². The number of hydroxylamine groups is 1. The van der Waals surface area contributed by atoms with E-state index in [9.17, 15) is 9.59 Å². The Kier molecular flexibility index (Phi) is 5.09. The SMILES string of the molecule is CCN1C=C2C(=O)NOC2C2=CN=C(N3CCCC3)N(C3CC(C(=O)OC)c4ccccc43)C21. The molecule has 0 saturated carbocycles. The first kappa shape index (κ1) is 21.2. The van der Waals surface area contributed by atoms with Crippen molar-refractivity contribution in [2.45, 2.75) is 50.4 Å². The third-order valence-electron chi connectivity index (χ3n) is 7.62. The summed E-state index contributed by atoms with van der Waals surface area (Å²) in [6.07, 6.45) is 6.03. The minimum Gasteiger partial charge on any atom is -0.469 e. The molecule has 9 heteroatoms. The monoisotopic (exact) mass is 463 g/mol. The zero-order valence-corrected chi connectivity index (χ0v) is 19.4. The zero-order valence-electron chi connectivity index (χ0n) is 19.4. The second-order valence-corrected chi connectivity index (χ2v) is 9.33. The van der Waals surface area contributed by atoms with Crippen molar-refractivity contribution in [3.05, 3.63) is 58.9 Å². The standard InChI is InChI=1S/C25H29N5O4/c1-3-28-14-19-21(34-27-22(19)31)18-13-26-25(29-10-6-7-11-29)30(23(18)28)20-12-17(24(32)33-2)15-8-4-5-9-16(15)20/h4-5,8-9,13-14,17,20-21,23H,3,6-7,10-12H2,1-2H3,(H,27,31). The van der Waals surface area contributed by atoms with Crippen molar-refractivity contribution in [2.75, 3.05) is 26.7 Å². The highest BCUT2D eigenvalue weighted by atomic mass is 16.7. The van der Waals surface area contributed by atoms with Gasteiger partial charge in [-0.1, -0.05) is 24.3 Å².